The molecule has 4 heterocycles. The van der Waals surface area contributed by atoms with Crippen molar-refractivity contribution in [2.45, 2.75) is 57.4 Å². The molecule has 6 nitrogen and oxygen atoms in total. The maximum Gasteiger partial charge on any atom is 0.239 e. The van der Waals surface area contributed by atoms with Crippen molar-refractivity contribution in [1.82, 2.24) is 19.7 Å². The van der Waals surface area contributed by atoms with E-state index in [1.54, 1.807) is 0 Å². The van der Waals surface area contributed by atoms with E-state index in [2.05, 4.69) is 21.8 Å². The Hall–Kier alpha value is -1.95. The van der Waals surface area contributed by atoms with Gasteiger partial charge in [0.15, 0.2) is 0 Å². The third kappa shape index (κ3) is 4.63. The number of pyridine rings is 1. The van der Waals surface area contributed by atoms with Gasteiger partial charge in [0.2, 0.25) is 11.8 Å². The van der Waals surface area contributed by atoms with Gasteiger partial charge in [-0.15, -0.1) is 0 Å². The predicted molar refractivity (Wildman–Crippen MR) is 112 cm³/mol. The van der Waals surface area contributed by atoms with Crippen molar-refractivity contribution >= 4 is 11.8 Å². The van der Waals surface area contributed by atoms with Crippen LogP contribution in [0.1, 0.15) is 50.6 Å². The molecular formula is C23H34N4O2. The number of piperidine rings is 3. The van der Waals surface area contributed by atoms with Gasteiger partial charge >= 0.3 is 0 Å². The average molecular weight is 399 g/mol. The number of likely N-dealkylation sites (N-methyl/N-ethyl adjacent to an activating group) is 1. The lowest BCUT2D eigenvalue weighted by Crippen LogP contribution is -2.55. The lowest BCUT2D eigenvalue weighted by Gasteiger charge is -2.48. The molecule has 3 saturated heterocycles. The number of hydrogen-bond donors (Lipinski definition) is 0. The van der Waals surface area contributed by atoms with Crippen molar-refractivity contribution in [3.05, 3.63) is 30.1 Å². The second-order valence-electron chi connectivity index (χ2n) is 9.20. The summed E-state index contributed by atoms with van der Waals surface area (Å²) in [5.74, 6) is 0.592. The second-order valence-corrected chi connectivity index (χ2v) is 9.20. The van der Waals surface area contributed by atoms with E-state index in [4.69, 9.17) is 0 Å². The zero-order chi connectivity index (χ0) is 20.3. The molecule has 6 heteroatoms. The summed E-state index contributed by atoms with van der Waals surface area (Å²) in [6, 6.07) is 6.01. The zero-order valence-electron chi connectivity index (χ0n) is 17.7. The van der Waals surface area contributed by atoms with Crippen molar-refractivity contribution in [1.29, 1.82) is 0 Å². The molecule has 1 aromatic heterocycles. The Morgan fingerprint density at radius 3 is 2.72 bits per heavy atom. The summed E-state index contributed by atoms with van der Waals surface area (Å²) in [6.45, 7) is 4.29. The van der Waals surface area contributed by atoms with Crippen molar-refractivity contribution in [3.63, 3.8) is 0 Å². The fourth-order valence-electron chi connectivity index (χ4n) is 5.31. The number of aromatic nitrogens is 1. The summed E-state index contributed by atoms with van der Waals surface area (Å²) in [5, 5.41) is 0. The first-order valence-corrected chi connectivity index (χ1v) is 11.2. The van der Waals surface area contributed by atoms with Gasteiger partial charge in [0.1, 0.15) is 0 Å². The number of nitrogens with zero attached hydrogens (tertiary/aromatic N) is 4. The van der Waals surface area contributed by atoms with Crippen molar-refractivity contribution in [2.24, 2.45) is 5.41 Å². The molecule has 1 aromatic rings. The molecule has 2 amide bonds. The molecule has 0 bridgehead atoms. The molecule has 3 aliphatic rings. The second kappa shape index (κ2) is 8.82. The molecule has 1 atom stereocenters. The molecule has 0 aliphatic carbocycles. The van der Waals surface area contributed by atoms with Gasteiger partial charge in [0.25, 0.3) is 0 Å². The van der Waals surface area contributed by atoms with Crippen LogP contribution in [-0.2, 0) is 16.0 Å². The Labute approximate surface area is 174 Å². The summed E-state index contributed by atoms with van der Waals surface area (Å²) >= 11 is 0. The number of carbonyl (C=O) groups is 2. The summed E-state index contributed by atoms with van der Waals surface area (Å²) in [5.41, 5.74) is 1.23. The summed E-state index contributed by atoms with van der Waals surface area (Å²) in [6.07, 6.45) is 9.61. The van der Waals surface area contributed by atoms with Crippen LogP contribution in [0.3, 0.4) is 0 Å². The fraction of sp³-hybridized carbons (Fsp3) is 0.696. The number of likely N-dealkylation sites (tertiary alicyclic amines) is 3. The Balaban J connectivity index is 1.32. The monoisotopic (exact) mass is 398 g/mol. The first kappa shape index (κ1) is 20.3. The highest BCUT2D eigenvalue weighted by Gasteiger charge is 2.42. The molecule has 158 valence electrons. The third-order valence-corrected chi connectivity index (χ3v) is 7.30. The molecule has 3 aliphatic heterocycles. The average Bonchev–Trinajstić information content (AvgIpc) is 2.76. The molecule has 4 rings (SSSR count). The molecule has 1 unspecified atom stereocenters. The first-order valence-electron chi connectivity index (χ1n) is 11.2. The standard InChI is InChI=1S/C23H34N4O2/c1-25-14-5-3-7-20(25)22(29)26-16-11-23(12-17-26)10-8-21(28)27(18-23)15-9-19-6-2-4-13-24-19/h2,4,6,13,20H,3,5,7-12,14-18H2,1H3. The van der Waals surface area contributed by atoms with Crippen LogP contribution in [0.4, 0.5) is 0 Å². The van der Waals surface area contributed by atoms with Gasteiger partial charge in [0.05, 0.1) is 6.04 Å². The van der Waals surface area contributed by atoms with Gasteiger partial charge in [-0.25, -0.2) is 0 Å². The topological polar surface area (TPSA) is 56.8 Å². The Bertz CT molecular complexity index is 715. The minimum Gasteiger partial charge on any atom is -0.342 e. The van der Waals surface area contributed by atoms with Crippen molar-refractivity contribution in [2.75, 3.05) is 39.8 Å². The van der Waals surface area contributed by atoms with Gasteiger partial charge in [-0.05, 0) is 63.2 Å². The van der Waals surface area contributed by atoms with Crippen LogP contribution in [0.5, 0.6) is 0 Å². The Morgan fingerprint density at radius 2 is 2.00 bits per heavy atom. The van der Waals surface area contributed by atoms with Gasteiger partial charge in [-0.1, -0.05) is 12.5 Å². The van der Waals surface area contributed by atoms with Gasteiger partial charge in [0, 0.05) is 50.9 Å². The van der Waals surface area contributed by atoms with Crippen molar-refractivity contribution < 1.29 is 9.59 Å². The number of amides is 2. The van der Waals surface area contributed by atoms with E-state index in [1.807, 2.05) is 29.3 Å². The molecule has 0 radical (unpaired) electrons. The van der Waals surface area contributed by atoms with Crippen LogP contribution in [0.25, 0.3) is 0 Å². The zero-order valence-corrected chi connectivity index (χ0v) is 17.7. The highest BCUT2D eigenvalue weighted by molar-refractivity contribution is 5.82. The lowest BCUT2D eigenvalue weighted by atomic mass is 9.72. The van der Waals surface area contributed by atoms with E-state index in [1.165, 1.54) is 6.42 Å². The number of hydrogen-bond acceptors (Lipinski definition) is 4. The first-order chi connectivity index (χ1) is 14.1. The highest BCUT2D eigenvalue weighted by atomic mass is 16.2. The van der Waals surface area contributed by atoms with Crippen LogP contribution in [0.15, 0.2) is 24.4 Å². The highest BCUT2D eigenvalue weighted by Crippen LogP contribution is 2.40. The van der Waals surface area contributed by atoms with E-state index >= 15 is 0 Å². The summed E-state index contributed by atoms with van der Waals surface area (Å²) in [7, 11) is 2.08. The summed E-state index contributed by atoms with van der Waals surface area (Å²) in [4.78, 5) is 36.3. The molecule has 0 N–H and O–H groups in total. The third-order valence-electron chi connectivity index (χ3n) is 7.30. The lowest BCUT2D eigenvalue weighted by molar-refractivity contribution is -0.145. The molecule has 0 aromatic carbocycles. The van der Waals surface area contributed by atoms with Crippen LogP contribution < -0.4 is 0 Å². The van der Waals surface area contributed by atoms with Crippen molar-refractivity contribution in [3.8, 4) is 0 Å². The largest absolute Gasteiger partial charge is 0.342 e. The fourth-order valence-corrected chi connectivity index (χ4v) is 5.31. The minimum absolute atomic E-state index is 0.0700. The predicted octanol–water partition coefficient (Wildman–Crippen LogP) is 2.34. The van der Waals surface area contributed by atoms with Gasteiger partial charge in [-0.2, -0.15) is 0 Å². The smallest absolute Gasteiger partial charge is 0.239 e. The van der Waals surface area contributed by atoms with E-state index in [-0.39, 0.29) is 17.4 Å². The SMILES string of the molecule is CN1CCCCC1C(=O)N1CCC2(CCC(=O)N(CCc3ccccn3)C2)CC1. The van der Waals surface area contributed by atoms with Gasteiger partial charge in [-0.3, -0.25) is 19.5 Å². The van der Waals surface area contributed by atoms with Crippen LogP contribution in [0, 0.1) is 5.41 Å². The van der Waals surface area contributed by atoms with Crippen LogP contribution in [-0.4, -0.2) is 77.3 Å². The van der Waals surface area contributed by atoms with Gasteiger partial charge < -0.3 is 9.80 Å². The van der Waals surface area contributed by atoms with E-state index in [9.17, 15) is 9.59 Å². The quantitative estimate of drug-likeness (QED) is 0.781. The van der Waals surface area contributed by atoms with Crippen LogP contribution in [0.2, 0.25) is 0 Å². The minimum atomic E-state index is 0.0700. The summed E-state index contributed by atoms with van der Waals surface area (Å²) < 4.78 is 0. The van der Waals surface area contributed by atoms with E-state index in [0.717, 1.165) is 76.9 Å². The van der Waals surface area contributed by atoms with E-state index < -0.39 is 0 Å². The van der Waals surface area contributed by atoms with Crippen LogP contribution >= 0.6 is 0 Å². The maximum atomic E-state index is 13.0. The Morgan fingerprint density at radius 1 is 1.17 bits per heavy atom. The maximum absolute atomic E-state index is 13.0. The molecule has 0 saturated carbocycles. The van der Waals surface area contributed by atoms with E-state index in [0.29, 0.717) is 12.3 Å². The molecule has 3 fully saturated rings. The normalized spacial score (nSPS) is 25.4. The number of rotatable bonds is 4. The number of carbonyl (C=O) groups excluding carboxylic acids is 2. The Kier molecular flexibility index (Phi) is 6.18. The molecule has 1 spiro atoms. The molecule has 29 heavy (non-hydrogen) atoms. The molecular weight excluding hydrogens is 364 g/mol.